The van der Waals surface area contributed by atoms with E-state index in [9.17, 15) is 8.42 Å². The van der Waals surface area contributed by atoms with Crippen LogP contribution in [0.4, 0.5) is 0 Å². The molecular weight excluding hydrogens is 300 g/mol. The predicted molar refractivity (Wildman–Crippen MR) is 84.0 cm³/mol. The Labute approximate surface area is 130 Å². The first-order valence-corrected chi connectivity index (χ1v) is 8.65. The van der Waals surface area contributed by atoms with Gasteiger partial charge in [-0.25, -0.2) is 13.6 Å². The molecule has 2 aromatic carbocycles. The molecular formula is C16H18N2O3S. The highest BCUT2D eigenvalue weighted by Crippen LogP contribution is 2.25. The molecule has 5 nitrogen and oxygen atoms in total. The van der Waals surface area contributed by atoms with Crippen molar-refractivity contribution in [3.05, 3.63) is 59.2 Å². The van der Waals surface area contributed by atoms with E-state index in [1.807, 2.05) is 12.1 Å². The van der Waals surface area contributed by atoms with Crippen LogP contribution in [0.25, 0.3) is 0 Å². The quantitative estimate of drug-likeness (QED) is 0.896. The summed E-state index contributed by atoms with van der Waals surface area (Å²) in [5, 5.41) is 8.56. The molecule has 3 N–H and O–H groups in total. The van der Waals surface area contributed by atoms with Gasteiger partial charge in [0, 0.05) is 6.54 Å². The minimum atomic E-state index is -3.79. The first-order valence-electron chi connectivity index (χ1n) is 7.11. The van der Waals surface area contributed by atoms with Crippen molar-refractivity contribution in [1.82, 2.24) is 5.32 Å². The van der Waals surface area contributed by atoms with Crippen molar-refractivity contribution in [1.29, 1.82) is 0 Å². The monoisotopic (exact) mass is 318 g/mol. The summed E-state index contributed by atoms with van der Waals surface area (Å²) in [6.45, 7) is 2.13. The van der Waals surface area contributed by atoms with Crippen LogP contribution in [0.5, 0.6) is 5.75 Å². The van der Waals surface area contributed by atoms with E-state index in [-0.39, 0.29) is 10.6 Å². The molecule has 0 spiro atoms. The van der Waals surface area contributed by atoms with Gasteiger partial charge in [-0.3, -0.25) is 0 Å². The fourth-order valence-corrected chi connectivity index (χ4v) is 3.38. The highest BCUT2D eigenvalue weighted by Gasteiger charge is 2.16. The summed E-state index contributed by atoms with van der Waals surface area (Å²) in [6, 6.07) is 12.5. The molecule has 1 aliphatic rings. The maximum absolute atomic E-state index is 11.6. The van der Waals surface area contributed by atoms with Crippen LogP contribution in [0.3, 0.4) is 0 Å². The van der Waals surface area contributed by atoms with Crippen molar-refractivity contribution < 1.29 is 13.2 Å². The SMILES string of the molecule is NS(=O)(=O)c1ccccc1OCc1cccc2c1CCNC2. The van der Waals surface area contributed by atoms with Crippen molar-refractivity contribution in [2.45, 2.75) is 24.5 Å². The van der Waals surface area contributed by atoms with E-state index >= 15 is 0 Å². The number of hydrogen-bond acceptors (Lipinski definition) is 4. The van der Waals surface area contributed by atoms with Crippen molar-refractivity contribution in [2.75, 3.05) is 6.54 Å². The summed E-state index contributed by atoms with van der Waals surface area (Å²) >= 11 is 0. The molecule has 0 unspecified atom stereocenters. The average Bonchev–Trinajstić information content (AvgIpc) is 2.52. The Morgan fingerprint density at radius 1 is 1.14 bits per heavy atom. The molecule has 6 heteroatoms. The van der Waals surface area contributed by atoms with Gasteiger partial charge in [0.2, 0.25) is 10.0 Å². The largest absolute Gasteiger partial charge is 0.487 e. The first-order chi connectivity index (χ1) is 10.6. The summed E-state index contributed by atoms with van der Waals surface area (Å²) in [5.74, 6) is 0.288. The molecule has 1 aliphatic heterocycles. The fourth-order valence-electron chi connectivity index (χ4n) is 2.71. The minimum absolute atomic E-state index is 0.0152. The molecule has 0 amide bonds. The molecule has 22 heavy (non-hydrogen) atoms. The summed E-state index contributed by atoms with van der Waals surface area (Å²) in [6.07, 6.45) is 0.950. The number of benzene rings is 2. The molecule has 0 saturated carbocycles. The third kappa shape index (κ3) is 3.14. The van der Waals surface area contributed by atoms with E-state index in [1.165, 1.54) is 17.2 Å². The summed E-state index contributed by atoms with van der Waals surface area (Å²) < 4.78 is 28.9. The van der Waals surface area contributed by atoms with Crippen LogP contribution in [0.2, 0.25) is 0 Å². The number of primary sulfonamides is 1. The van der Waals surface area contributed by atoms with Gasteiger partial charge in [-0.1, -0.05) is 30.3 Å². The third-order valence-corrected chi connectivity index (χ3v) is 4.73. The predicted octanol–water partition coefficient (Wildman–Crippen LogP) is 1.56. The van der Waals surface area contributed by atoms with E-state index in [1.54, 1.807) is 18.2 Å². The lowest BCUT2D eigenvalue weighted by Gasteiger charge is -2.20. The molecule has 0 fully saturated rings. The maximum atomic E-state index is 11.6. The molecule has 3 rings (SSSR count). The number of ether oxygens (including phenoxy) is 1. The van der Waals surface area contributed by atoms with Crippen LogP contribution >= 0.6 is 0 Å². The highest BCUT2D eigenvalue weighted by atomic mass is 32.2. The molecule has 2 aromatic rings. The number of nitrogens with two attached hydrogens (primary N) is 1. The zero-order chi connectivity index (χ0) is 15.6. The number of hydrogen-bond donors (Lipinski definition) is 2. The number of sulfonamides is 1. The molecule has 0 saturated heterocycles. The van der Waals surface area contributed by atoms with Crippen LogP contribution in [0, 0.1) is 0 Å². The van der Waals surface area contributed by atoms with Crippen molar-refractivity contribution in [2.24, 2.45) is 5.14 Å². The Bertz CT molecular complexity index is 788. The van der Waals surface area contributed by atoms with E-state index in [4.69, 9.17) is 9.88 Å². The summed E-state index contributed by atoms with van der Waals surface area (Å²) in [5.41, 5.74) is 3.64. The zero-order valence-corrected chi connectivity index (χ0v) is 12.9. The van der Waals surface area contributed by atoms with Gasteiger partial charge in [-0.2, -0.15) is 0 Å². The molecule has 0 aromatic heterocycles. The molecule has 0 radical (unpaired) electrons. The zero-order valence-electron chi connectivity index (χ0n) is 12.1. The van der Waals surface area contributed by atoms with Crippen LogP contribution < -0.4 is 15.2 Å². The lowest BCUT2D eigenvalue weighted by molar-refractivity contribution is 0.296. The summed E-state index contributed by atoms with van der Waals surface area (Å²) in [7, 11) is -3.79. The number of nitrogens with one attached hydrogen (secondary N) is 1. The molecule has 0 bridgehead atoms. The highest BCUT2D eigenvalue weighted by molar-refractivity contribution is 7.89. The second-order valence-electron chi connectivity index (χ2n) is 5.26. The van der Waals surface area contributed by atoms with Crippen molar-refractivity contribution in [3.63, 3.8) is 0 Å². The Morgan fingerprint density at radius 2 is 1.95 bits per heavy atom. The number of rotatable bonds is 4. The van der Waals surface area contributed by atoms with Gasteiger partial charge >= 0.3 is 0 Å². The Morgan fingerprint density at radius 3 is 2.77 bits per heavy atom. The smallest absolute Gasteiger partial charge is 0.241 e. The van der Waals surface area contributed by atoms with Crippen LogP contribution in [0.1, 0.15) is 16.7 Å². The van der Waals surface area contributed by atoms with Gasteiger partial charge in [0.15, 0.2) is 0 Å². The van der Waals surface area contributed by atoms with Crippen molar-refractivity contribution >= 4 is 10.0 Å². The maximum Gasteiger partial charge on any atom is 0.241 e. The Balaban J connectivity index is 1.85. The van der Waals surface area contributed by atoms with Gasteiger partial charge in [0.25, 0.3) is 0 Å². The van der Waals surface area contributed by atoms with E-state index < -0.39 is 10.0 Å². The number of fused-ring (bicyclic) bond motifs is 1. The minimum Gasteiger partial charge on any atom is -0.487 e. The van der Waals surface area contributed by atoms with Crippen molar-refractivity contribution in [3.8, 4) is 5.75 Å². The topological polar surface area (TPSA) is 81.4 Å². The second kappa shape index (κ2) is 6.08. The van der Waals surface area contributed by atoms with Gasteiger partial charge < -0.3 is 10.1 Å². The first kappa shape index (κ1) is 15.0. The average molecular weight is 318 g/mol. The molecule has 0 aliphatic carbocycles. The van der Waals surface area contributed by atoms with Crippen LogP contribution in [0.15, 0.2) is 47.4 Å². The van der Waals surface area contributed by atoms with Gasteiger partial charge in [0.1, 0.15) is 17.3 Å². The molecule has 1 heterocycles. The van der Waals surface area contributed by atoms with E-state index in [0.29, 0.717) is 6.61 Å². The lowest BCUT2D eigenvalue weighted by Crippen LogP contribution is -2.24. The fraction of sp³-hybridized carbons (Fsp3) is 0.250. The third-order valence-electron chi connectivity index (χ3n) is 3.78. The molecule has 0 atom stereocenters. The number of para-hydroxylation sites is 1. The van der Waals surface area contributed by atoms with E-state index in [2.05, 4.69) is 11.4 Å². The van der Waals surface area contributed by atoms with Crippen LogP contribution in [-0.4, -0.2) is 15.0 Å². The lowest BCUT2D eigenvalue weighted by atomic mass is 9.96. The Hall–Kier alpha value is -1.89. The van der Waals surface area contributed by atoms with Crippen LogP contribution in [-0.2, 0) is 29.6 Å². The molecule has 116 valence electrons. The van der Waals surface area contributed by atoms with Gasteiger partial charge in [-0.05, 0) is 41.8 Å². The summed E-state index contributed by atoms with van der Waals surface area (Å²) in [4.78, 5) is 0.0152. The standard InChI is InChI=1S/C16H18N2O3S/c17-22(19,20)16-7-2-1-6-15(16)21-11-13-5-3-4-12-10-18-9-8-14(12)13/h1-7,18H,8-11H2,(H2,17,19,20). The van der Waals surface area contributed by atoms with E-state index in [0.717, 1.165) is 25.1 Å². The van der Waals surface area contributed by atoms with Gasteiger partial charge in [0.05, 0.1) is 0 Å². The normalized spacial score (nSPS) is 14.4. The van der Waals surface area contributed by atoms with Gasteiger partial charge in [-0.15, -0.1) is 0 Å². The Kier molecular flexibility index (Phi) is 4.15. The second-order valence-corrected chi connectivity index (χ2v) is 6.79.